The van der Waals surface area contributed by atoms with Crippen LogP contribution in [0, 0.1) is 5.95 Å². The predicted molar refractivity (Wildman–Crippen MR) is 33.5 cm³/mol. The van der Waals surface area contributed by atoms with Gasteiger partial charge in [-0.2, -0.15) is 4.39 Å². The molecule has 0 bridgehead atoms. The van der Waals surface area contributed by atoms with Gasteiger partial charge in [-0.3, -0.25) is 0 Å². The van der Waals surface area contributed by atoms with Crippen LogP contribution in [0.15, 0.2) is 18.2 Å². The molecule has 1 aromatic heterocycles. The van der Waals surface area contributed by atoms with Gasteiger partial charge in [-0.15, -0.1) is 0 Å². The lowest BCUT2D eigenvalue weighted by molar-refractivity contribution is 0.587. The van der Waals surface area contributed by atoms with Crippen LogP contribution in [0.2, 0.25) is 0 Å². The van der Waals surface area contributed by atoms with Crippen molar-refractivity contribution in [3.05, 3.63) is 24.1 Å². The molecule has 0 N–H and O–H groups in total. The maximum Gasteiger partial charge on any atom is 0.213 e. The summed E-state index contributed by atoms with van der Waals surface area (Å²) >= 11 is 0. The SMILES string of the molecule is Fc1cccc(P)n1. The molecule has 1 nitrogen and oxygen atoms in total. The fourth-order valence-corrected chi connectivity index (χ4v) is 0.658. The third-order valence-corrected chi connectivity index (χ3v) is 1.06. The molecule has 1 unspecified atom stereocenters. The molecule has 8 heavy (non-hydrogen) atoms. The van der Waals surface area contributed by atoms with E-state index < -0.39 is 5.95 Å². The van der Waals surface area contributed by atoms with E-state index >= 15 is 0 Å². The number of hydrogen-bond acceptors (Lipinski definition) is 1. The highest BCUT2D eigenvalue weighted by Crippen LogP contribution is 1.89. The molecule has 42 valence electrons. The molecule has 0 fully saturated rings. The van der Waals surface area contributed by atoms with Gasteiger partial charge in [0.2, 0.25) is 5.95 Å². The third kappa shape index (κ3) is 1.24. The first-order chi connectivity index (χ1) is 3.79. The molecular weight excluding hydrogens is 124 g/mol. The Labute approximate surface area is 49.1 Å². The van der Waals surface area contributed by atoms with E-state index in [1.807, 2.05) is 0 Å². The van der Waals surface area contributed by atoms with Gasteiger partial charge in [0.25, 0.3) is 0 Å². The van der Waals surface area contributed by atoms with Crippen molar-refractivity contribution in [1.29, 1.82) is 0 Å². The van der Waals surface area contributed by atoms with Gasteiger partial charge in [-0.1, -0.05) is 15.3 Å². The zero-order valence-electron chi connectivity index (χ0n) is 4.13. The maximum absolute atomic E-state index is 12.0. The minimum atomic E-state index is -0.433. The standard InChI is InChI=1S/C5H5FNP/c6-4-2-1-3-5(8)7-4/h1-3H,8H2. The molecule has 0 amide bonds. The van der Waals surface area contributed by atoms with E-state index in [0.29, 0.717) is 5.44 Å². The second-order valence-corrected chi connectivity index (χ2v) is 1.98. The van der Waals surface area contributed by atoms with Crippen molar-refractivity contribution >= 4 is 14.7 Å². The summed E-state index contributed by atoms with van der Waals surface area (Å²) < 4.78 is 12.0. The van der Waals surface area contributed by atoms with Crippen LogP contribution in [0.5, 0.6) is 0 Å². The fourth-order valence-electron chi connectivity index (χ4n) is 0.424. The lowest BCUT2D eigenvalue weighted by Crippen LogP contribution is -1.97. The average molecular weight is 129 g/mol. The van der Waals surface area contributed by atoms with Gasteiger partial charge in [-0.05, 0) is 12.1 Å². The summed E-state index contributed by atoms with van der Waals surface area (Å²) in [4.78, 5) is 3.47. The smallest absolute Gasteiger partial charge is 0.213 e. The Balaban J connectivity index is 3.08. The Morgan fingerprint density at radius 3 is 2.62 bits per heavy atom. The average Bonchev–Trinajstić information content (AvgIpc) is 1.64. The molecule has 0 radical (unpaired) electrons. The van der Waals surface area contributed by atoms with E-state index in [4.69, 9.17) is 0 Å². The summed E-state index contributed by atoms with van der Waals surface area (Å²) in [6.07, 6.45) is 0. The molecule has 0 aromatic carbocycles. The Morgan fingerprint density at radius 1 is 1.50 bits per heavy atom. The molecule has 0 saturated heterocycles. The van der Waals surface area contributed by atoms with Gasteiger partial charge in [0.05, 0.1) is 5.44 Å². The van der Waals surface area contributed by atoms with Crippen LogP contribution < -0.4 is 5.44 Å². The lowest BCUT2D eigenvalue weighted by Gasteiger charge is -1.86. The number of rotatable bonds is 0. The van der Waals surface area contributed by atoms with E-state index in [2.05, 4.69) is 14.2 Å². The molecule has 1 heterocycles. The van der Waals surface area contributed by atoms with E-state index in [1.165, 1.54) is 6.07 Å². The van der Waals surface area contributed by atoms with E-state index in [1.54, 1.807) is 12.1 Å². The molecule has 0 saturated carbocycles. The summed E-state index contributed by atoms with van der Waals surface area (Å²) in [6, 6.07) is 4.64. The van der Waals surface area contributed by atoms with Crippen LogP contribution in [0.3, 0.4) is 0 Å². The number of halogens is 1. The Hall–Kier alpha value is -0.490. The number of nitrogens with zero attached hydrogens (tertiary/aromatic N) is 1. The van der Waals surface area contributed by atoms with Crippen LogP contribution in [0.1, 0.15) is 0 Å². The van der Waals surface area contributed by atoms with Crippen molar-refractivity contribution < 1.29 is 4.39 Å². The summed E-state index contributed by atoms with van der Waals surface area (Å²) in [5.41, 5.74) is 0.630. The number of hydrogen-bond donors (Lipinski definition) is 0. The normalized spacial score (nSPS) is 9.25. The van der Waals surface area contributed by atoms with Gasteiger partial charge in [0.1, 0.15) is 0 Å². The van der Waals surface area contributed by atoms with Crippen molar-refractivity contribution in [2.45, 2.75) is 0 Å². The Bertz CT molecular complexity index is 172. The van der Waals surface area contributed by atoms with Crippen molar-refractivity contribution in [2.24, 2.45) is 0 Å². The van der Waals surface area contributed by atoms with E-state index in [9.17, 15) is 4.39 Å². The van der Waals surface area contributed by atoms with Gasteiger partial charge in [0.15, 0.2) is 0 Å². The summed E-state index contributed by atoms with van der Waals surface area (Å²) in [5, 5.41) is 0. The first-order valence-electron chi connectivity index (χ1n) is 2.17. The first-order valence-corrected chi connectivity index (χ1v) is 2.75. The molecule has 0 aliphatic rings. The highest BCUT2D eigenvalue weighted by Gasteiger charge is 1.86. The Morgan fingerprint density at radius 2 is 2.25 bits per heavy atom. The van der Waals surface area contributed by atoms with Gasteiger partial charge >= 0.3 is 0 Å². The van der Waals surface area contributed by atoms with E-state index in [-0.39, 0.29) is 0 Å². The first kappa shape index (κ1) is 5.64. The topological polar surface area (TPSA) is 12.9 Å². The van der Waals surface area contributed by atoms with Crippen molar-refractivity contribution in [1.82, 2.24) is 4.98 Å². The molecule has 0 aliphatic carbocycles. The minimum absolute atomic E-state index is 0.433. The second-order valence-electron chi connectivity index (χ2n) is 1.39. The summed E-state index contributed by atoms with van der Waals surface area (Å²) in [6.45, 7) is 0. The van der Waals surface area contributed by atoms with Gasteiger partial charge in [-0.25, -0.2) is 4.98 Å². The third-order valence-electron chi connectivity index (χ3n) is 0.737. The molecule has 0 aliphatic heterocycles. The molecule has 1 rings (SSSR count). The monoisotopic (exact) mass is 129 g/mol. The van der Waals surface area contributed by atoms with Crippen LogP contribution in [0.4, 0.5) is 4.39 Å². The zero-order valence-corrected chi connectivity index (χ0v) is 5.29. The van der Waals surface area contributed by atoms with E-state index in [0.717, 1.165) is 0 Å². The van der Waals surface area contributed by atoms with Crippen LogP contribution >= 0.6 is 9.24 Å². The highest BCUT2D eigenvalue weighted by atomic mass is 31.0. The van der Waals surface area contributed by atoms with Crippen molar-refractivity contribution in [3.63, 3.8) is 0 Å². The second kappa shape index (κ2) is 2.19. The number of aromatic nitrogens is 1. The Kier molecular flexibility index (Phi) is 1.54. The van der Waals surface area contributed by atoms with Crippen LogP contribution in [-0.2, 0) is 0 Å². The van der Waals surface area contributed by atoms with Gasteiger partial charge in [0, 0.05) is 0 Å². The van der Waals surface area contributed by atoms with Crippen molar-refractivity contribution in [2.75, 3.05) is 0 Å². The predicted octanol–water partition coefficient (Wildman–Crippen LogP) is 0.721. The zero-order chi connectivity index (χ0) is 5.98. The molecule has 1 aromatic rings. The van der Waals surface area contributed by atoms with Crippen LogP contribution in [-0.4, -0.2) is 4.98 Å². The summed E-state index contributed by atoms with van der Waals surface area (Å²) in [7, 11) is 2.31. The fraction of sp³-hybridized carbons (Fsp3) is 0. The maximum atomic E-state index is 12.0. The molecule has 0 spiro atoms. The summed E-state index contributed by atoms with van der Waals surface area (Å²) in [5.74, 6) is -0.433. The largest absolute Gasteiger partial charge is 0.221 e. The quantitative estimate of drug-likeness (QED) is 0.371. The minimum Gasteiger partial charge on any atom is -0.221 e. The van der Waals surface area contributed by atoms with Crippen LogP contribution in [0.25, 0.3) is 0 Å². The highest BCUT2D eigenvalue weighted by molar-refractivity contribution is 7.26. The molecule has 1 atom stereocenters. The molecule has 3 heteroatoms. The van der Waals surface area contributed by atoms with Gasteiger partial charge < -0.3 is 0 Å². The number of pyridine rings is 1. The lowest BCUT2D eigenvalue weighted by atomic mass is 10.5. The van der Waals surface area contributed by atoms with Crippen molar-refractivity contribution in [3.8, 4) is 0 Å². The molecular formula is C5H5FNP.